The smallest absolute Gasteiger partial charge is 0.335 e. The van der Waals surface area contributed by atoms with Crippen molar-refractivity contribution in [2.75, 3.05) is 0 Å². The van der Waals surface area contributed by atoms with Crippen molar-refractivity contribution in [2.45, 2.75) is 10.8 Å². The van der Waals surface area contributed by atoms with E-state index in [9.17, 15) is 4.79 Å². The van der Waals surface area contributed by atoms with Crippen LogP contribution in [0.2, 0.25) is 0 Å². The minimum Gasteiger partial charge on any atom is -0.478 e. The number of pyridine rings is 1. The van der Waals surface area contributed by atoms with Crippen molar-refractivity contribution in [3.63, 3.8) is 0 Å². The number of carboxylic acids is 1. The molecule has 0 saturated carbocycles. The fraction of sp³-hybridized carbons (Fsp3) is 0.0769. The summed E-state index contributed by atoms with van der Waals surface area (Å²) in [4.78, 5) is 15.0. The molecule has 0 amide bonds. The van der Waals surface area contributed by atoms with E-state index in [-0.39, 0.29) is 0 Å². The second-order valence-electron chi connectivity index (χ2n) is 3.61. The first-order chi connectivity index (χ1) is 8.65. The molecule has 5 heteroatoms. The number of halogens is 1. The number of aromatic nitrogens is 1. The Morgan fingerprint density at radius 3 is 2.50 bits per heavy atom. The van der Waals surface area contributed by atoms with Gasteiger partial charge < -0.3 is 5.11 Å². The van der Waals surface area contributed by atoms with Crippen molar-refractivity contribution in [1.82, 2.24) is 4.98 Å². The summed E-state index contributed by atoms with van der Waals surface area (Å²) in [5.41, 5.74) is 1.39. The van der Waals surface area contributed by atoms with Crippen LogP contribution in [0.25, 0.3) is 0 Å². The molecule has 92 valence electrons. The molecule has 0 saturated heterocycles. The quantitative estimate of drug-likeness (QED) is 0.868. The van der Waals surface area contributed by atoms with Gasteiger partial charge in [0.15, 0.2) is 0 Å². The average molecular weight is 324 g/mol. The van der Waals surface area contributed by atoms with Crippen LogP contribution in [0.15, 0.2) is 52.1 Å². The second kappa shape index (κ2) is 6.02. The van der Waals surface area contributed by atoms with E-state index in [1.165, 1.54) is 0 Å². The molecular formula is C13H10BrNO2S. The van der Waals surface area contributed by atoms with Crippen molar-refractivity contribution in [3.8, 4) is 0 Å². The number of hydrogen-bond acceptors (Lipinski definition) is 3. The molecule has 1 aromatic heterocycles. The zero-order valence-electron chi connectivity index (χ0n) is 9.34. The van der Waals surface area contributed by atoms with E-state index in [4.69, 9.17) is 5.11 Å². The lowest BCUT2D eigenvalue weighted by atomic mass is 10.1. The maximum absolute atomic E-state index is 10.7. The Morgan fingerprint density at radius 2 is 1.94 bits per heavy atom. The first-order valence-corrected chi connectivity index (χ1v) is 6.99. The SMILES string of the molecule is O=C(O)c1ccc(CSc2ccc(Br)cn2)cc1. The Balaban J connectivity index is 1.97. The van der Waals surface area contributed by atoms with Gasteiger partial charge in [-0.05, 0) is 45.8 Å². The monoisotopic (exact) mass is 323 g/mol. The summed E-state index contributed by atoms with van der Waals surface area (Å²) in [6.45, 7) is 0. The lowest BCUT2D eigenvalue weighted by molar-refractivity contribution is 0.0697. The predicted octanol–water partition coefficient (Wildman–Crippen LogP) is 3.83. The van der Waals surface area contributed by atoms with Gasteiger partial charge in [0.25, 0.3) is 0 Å². The van der Waals surface area contributed by atoms with Gasteiger partial charge in [-0.15, -0.1) is 11.8 Å². The minimum absolute atomic E-state index is 0.311. The maximum atomic E-state index is 10.7. The van der Waals surface area contributed by atoms with E-state index >= 15 is 0 Å². The van der Waals surface area contributed by atoms with Gasteiger partial charge in [-0.1, -0.05) is 12.1 Å². The van der Waals surface area contributed by atoms with Crippen molar-refractivity contribution < 1.29 is 9.90 Å². The van der Waals surface area contributed by atoms with Crippen LogP contribution in [0.5, 0.6) is 0 Å². The van der Waals surface area contributed by atoms with Gasteiger partial charge >= 0.3 is 5.97 Å². The van der Waals surface area contributed by atoms with E-state index in [0.717, 1.165) is 20.8 Å². The van der Waals surface area contributed by atoms with Crippen LogP contribution in [-0.2, 0) is 5.75 Å². The molecule has 1 N–H and O–H groups in total. The maximum Gasteiger partial charge on any atom is 0.335 e. The predicted molar refractivity (Wildman–Crippen MR) is 74.9 cm³/mol. The van der Waals surface area contributed by atoms with Gasteiger partial charge in [-0.25, -0.2) is 9.78 Å². The topological polar surface area (TPSA) is 50.2 Å². The number of thioether (sulfide) groups is 1. The highest BCUT2D eigenvalue weighted by Gasteiger charge is 2.02. The van der Waals surface area contributed by atoms with Crippen molar-refractivity contribution in [3.05, 3.63) is 58.2 Å². The van der Waals surface area contributed by atoms with E-state index in [1.807, 2.05) is 24.3 Å². The molecular weight excluding hydrogens is 314 g/mol. The summed E-state index contributed by atoms with van der Waals surface area (Å²) in [7, 11) is 0. The van der Waals surface area contributed by atoms with Crippen LogP contribution < -0.4 is 0 Å². The zero-order chi connectivity index (χ0) is 13.0. The Kier molecular flexibility index (Phi) is 4.38. The Bertz CT molecular complexity index is 540. The number of nitrogens with zero attached hydrogens (tertiary/aromatic N) is 1. The van der Waals surface area contributed by atoms with E-state index in [0.29, 0.717) is 5.56 Å². The molecule has 1 heterocycles. The molecule has 0 aliphatic carbocycles. The lowest BCUT2D eigenvalue weighted by Gasteiger charge is -2.02. The molecule has 0 unspecified atom stereocenters. The van der Waals surface area contributed by atoms with Crippen molar-refractivity contribution >= 4 is 33.7 Å². The fourth-order valence-corrected chi connectivity index (χ4v) is 2.38. The average Bonchev–Trinajstić information content (AvgIpc) is 2.38. The third-order valence-corrected chi connectivity index (χ3v) is 3.77. The normalized spacial score (nSPS) is 10.3. The van der Waals surface area contributed by atoms with Gasteiger partial charge in [0, 0.05) is 16.4 Å². The van der Waals surface area contributed by atoms with Crippen LogP contribution in [0.4, 0.5) is 0 Å². The van der Waals surface area contributed by atoms with Gasteiger partial charge in [0.1, 0.15) is 0 Å². The van der Waals surface area contributed by atoms with Gasteiger partial charge in [0.05, 0.1) is 10.6 Å². The number of hydrogen-bond donors (Lipinski definition) is 1. The van der Waals surface area contributed by atoms with Crippen molar-refractivity contribution in [2.24, 2.45) is 0 Å². The summed E-state index contributed by atoms with van der Waals surface area (Å²) in [5.74, 6) is -0.127. The van der Waals surface area contributed by atoms with Gasteiger partial charge in [-0.2, -0.15) is 0 Å². The summed E-state index contributed by atoms with van der Waals surface area (Å²) in [6.07, 6.45) is 1.76. The molecule has 0 aliphatic heterocycles. The van der Waals surface area contributed by atoms with Crippen LogP contribution in [-0.4, -0.2) is 16.1 Å². The molecule has 0 atom stereocenters. The Labute approximate surface area is 117 Å². The van der Waals surface area contributed by atoms with E-state index in [1.54, 1.807) is 30.1 Å². The molecule has 0 aliphatic rings. The highest BCUT2D eigenvalue weighted by molar-refractivity contribution is 9.10. The Hall–Kier alpha value is -1.33. The minimum atomic E-state index is -0.899. The molecule has 2 aromatic rings. The first-order valence-electron chi connectivity index (χ1n) is 5.22. The highest BCUT2D eigenvalue weighted by Crippen LogP contribution is 2.22. The molecule has 3 nitrogen and oxygen atoms in total. The summed E-state index contributed by atoms with van der Waals surface area (Å²) < 4.78 is 0.956. The molecule has 18 heavy (non-hydrogen) atoms. The first kappa shape index (κ1) is 13.1. The van der Waals surface area contributed by atoms with Crippen LogP contribution in [0.3, 0.4) is 0 Å². The Morgan fingerprint density at radius 1 is 1.22 bits per heavy atom. The zero-order valence-corrected chi connectivity index (χ0v) is 11.7. The second-order valence-corrected chi connectivity index (χ2v) is 5.52. The number of benzene rings is 1. The fourth-order valence-electron chi connectivity index (χ4n) is 1.35. The van der Waals surface area contributed by atoms with E-state index < -0.39 is 5.97 Å². The van der Waals surface area contributed by atoms with Gasteiger partial charge in [0.2, 0.25) is 0 Å². The largest absolute Gasteiger partial charge is 0.478 e. The highest BCUT2D eigenvalue weighted by atomic mass is 79.9. The summed E-state index contributed by atoms with van der Waals surface area (Å²) in [5, 5.41) is 9.73. The third kappa shape index (κ3) is 3.58. The molecule has 0 fully saturated rings. The summed E-state index contributed by atoms with van der Waals surface area (Å²) in [6, 6.07) is 10.8. The van der Waals surface area contributed by atoms with E-state index in [2.05, 4.69) is 20.9 Å². The molecule has 0 bridgehead atoms. The standard InChI is InChI=1S/C13H10BrNO2S/c14-11-5-6-12(15-7-11)18-8-9-1-3-10(4-2-9)13(16)17/h1-7H,8H2,(H,16,17). The number of rotatable bonds is 4. The van der Waals surface area contributed by atoms with Crippen LogP contribution in [0, 0.1) is 0 Å². The number of carboxylic acid groups (broad SMARTS) is 1. The van der Waals surface area contributed by atoms with Crippen LogP contribution >= 0.6 is 27.7 Å². The molecule has 2 rings (SSSR count). The van der Waals surface area contributed by atoms with Crippen molar-refractivity contribution in [1.29, 1.82) is 0 Å². The molecule has 0 radical (unpaired) electrons. The van der Waals surface area contributed by atoms with Gasteiger partial charge in [-0.3, -0.25) is 0 Å². The van der Waals surface area contributed by atoms with Crippen LogP contribution in [0.1, 0.15) is 15.9 Å². The third-order valence-electron chi connectivity index (χ3n) is 2.29. The molecule has 1 aromatic carbocycles. The summed E-state index contributed by atoms with van der Waals surface area (Å²) >= 11 is 4.95. The molecule has 0 spiro atoms. The number of carbonyl (C=O) groups is 1. The number of aromatic carboxylic acids is 1. The lowest BCUT2D eigenvalue weighted by Crippen LogP contribution is -1.95.